The van der Waals surface area contributed by atoms with E-state index in [0.29, 0.717) is 6.04 Å². The number of nitrogens with zero attached hydrogens (tertiary/aromatic N) is 4. The largest absolute Gasteiger partial charge is 0.353 e. The Morgan fingerprint density at radius 3 is 2.79 bits per heavy atom. The van der Waals surface area contributed by atoms with E-state index in [1.165, 1.54) is 12.8 Å². The predicted octanol–water partition coefficient (Wildman–Crippen LogP) is 2.12. The van der Waals surface area contributed by atoms with Crippen LogP contribution < -0.4 is 10.2 Å². The first kappa shape index (κ1) is 14.6. The minimum Gasteiger partial charge on any atom is -0.353 e. The van der Waals surface area contributed by atoms with Crippen molar-refractivity contribution in [1.29, 1.82) is 5.26 Å². The van der Waals surface area contributed by atoms with Crippen molar-refractivity contribution in [2.75, 3.05) is 24.7 Å². The summed E-state index contributed by atoms with van der Waals surface area (Å²) in [5, 5.41) is 21.9. The van der Waals surface area contributed by atoms with Crippen LogP contribution in [0.4, 0.5) is 5.13 Å². The topological polar surface area (TPSA) is 64.8 Å². The van der Waals surface area contributed by atoms with Crippen LogP contribution in [0.2, 0.25) is 0 Å². The van der Waals surface area contributed by atoms with Gasteiger partial charge in [0.15, 0.2) is 4.34 Å². The van der Waals surface area contributed by atoms with Gasteiger partial charge in [-0.15, -0.1) is 10.2 Å². The summed E-state index contributed by atoms with van der Waals surface area (Å²) in [6.07, 6.45) is 3.22. The predicted molar refractivity (Wildman–Crippen MR) is 79.8 cm³/mol. The molecule has 1 saturated carbocycles. The first-order valence-electron chi connectivity index (χ1n) is 6.35. The molecule has 0 amide bonds. The third kappa shape index (κ3) is 4.34. The van der Waals surface area contributed by atoms with E-state index in [1.807, 2.05) is 25.9 Å². The maximum atomic E-state index is 9.28. The molecule has 0 spiro atoms. The van der Waals surface area contributed by atoms with E-state index in [2.05, 4.69) is 21.6 Å². The van der Waals surface area contributed by atoms with Gasteiger partial charge in [-0.2, -0.15) is 5.26 Å². The van der Waals surface area contributed by atoms with Crippen molar-refractivity contribution in [3.05, 3.63) is 0 Å². The van der Waals surface area contributed by atoms with Gasteiger partial charge in [-0.3, -0.25) is 5.32 Å². The van der Waals surface area contributed by atoms with E-state index < -0.39 is 5.54 Å². The van der Waals surface area contributed by atoms with Crippen LogP contribution in [0, 0.1) is 11.3 Å². The smallest absolute Gasteiger partial charge is 0.208 e. The lowest BCUT2D eigenvalue weighted by Crippen LogP contribution is -2.42. The quantitative estimate of drug-likeness (QED) is 0.778. The van der Waals surface area contributed by atoms with Gasteiger partial charge in [-0.25, -0.2) is 0 Å². The molecule has 0 radical (unpaired) electrons. The van der Waals surface area contributed by atoms with Crippen molar-refractivity contribution in [1.82, 2.24) is 15.5 Å². The minimum absolute atomic E-state index is 0.413. The monoisotopic (exact) mass is 297 g/mol. The van der Waals surface area contributed by atoms with Gasteiger partial charge < -0.3 is 4.90 Å². The van der Waals surface area contributed by atoms with Gasteiger partial charge in [0.2, 0.25) is 5.13 Å². The fraction of sp³-hybridized carbons (Fsp3) is 0.750. The van der Waals surface area contributed by atoms with Crippen LogP contribution in [-0.2, 0) is 0 Å². The number of nitriles is 1. The lowest BCUT2D eigenvalue weighted by molar-refractivity contribution is 0.434. The SMILES string of the molecule is CN(C)c1nnc(SCCC(C)(C#N)NC2CC2)s1. The second-order valence-corrected chi connectivity index (χ2v) is 7.50. The van der Waals surface area contributed by atoms with Gasteiger partial charge in [-0.1, -0.05) is 23.1 Å². The Morgan fingerprint density at radius 1 is 1.53 bits per heavy atom. The van der Waals surface area contributed by atoms with Crippen LogP contribution in [0.25, 0.3) is 0 Å². The molecule has 7 heteroatoms. The Morgan fingerprint density at radius 2 is 2.26 bits per heavy atom. The maximum Gasteiger partial charge on any atom is 0.208 e. The molecular formula is C12H19N5S2. The summed E-state index contributed by atoms with van der Waals surface area (Å²) in [7, 11) is 3.92. The molecule has 0 bridgehead atoms. The second-order valence-electron chi connectivity index (χ2n) is 5.21. The van der Waals surface area contributed by atoms with E-state index in [-0.39, 0.29) is 0 Å². The molecule has 1 atom stereocenters. The standard InChI is InChI=1S/C12H19N5S2/c1-12(8-13,14-9-4-5-9)6-7-18-11-16-15-10(19-11)17(2)3/h9,14H,4-7H2,1-3H3. The molecule has 1 aromatic rings. The van der Waals surface area contributed by atoms with Crippen molar-refractivity contribution < 1.29 is 0 Å². The molecule has 1 aliphatic rings. The normalized spacial score (nSPS) is 17.8. The molecule has 2 rings (SSSR count). The maximum absolute atomic E-state index is 9.28. The van der Waals surface area contributed by atoms with Crippen LogP contribution in [0.3, 0.4) is 0 Å². The summed E-state index contributed by atoms with van der Waals surface area (Å²) in [6, 6.07) is 2.95. The highest BCUT2D eigenvalue weighted by atomic mass is 32.2. The molecule has 19 heavy (non-hydrogen) atoms. The first-order chi connectivity index (χ1) is 9.02. The Balaban J connectivity index is 1.79. The number of anilines is 1. The number of rotatable bonds is 7. The highest BCUT2D eigenvalue weighted by Crippen LogP contribution is 2.29. The van der Waals surface area contributed by atoms with Gasteiger partial charge in [-0.05, 0) is 26.2 Å². The van der Waals surface area contributed by atoms with Crippen LogP contribution in [0.5, 0.6) is 0 Å². The molecule has 1 unspecified atom stereocenters. The zero-order valence-electron chi connectivity index (χ0n) is 11.5. The summed E-state index contributed by atoms with van der Waals surface area (Å²) in [4.78, 5) is 1.95. The average molecular weight is 297 g/mol. The Labute approximate surface area is 122 Å². The van der Waals surface area contributed by atoms with Crippen molar-refractivity contribution in [3.8, 4) is 6.07 Å². The average Bonchev–Trinajstić information content (AvgIpc) is 3.04. The van der Waals surface area contributed by atoms with Gasteiger partial charge in [0.1, 0.15) is 5.54 Å². The second kappa shape index (κ2) is 6.07. The van der Waals surface area contributed by atoms with Gasteiger partial charge in [0.25, 0.3) is 0 Å². The molecule has 5 nitrogen and oxygen atoms in total. The Bertz CT molecular complexity index is 463. The summed E-state index contributed by atoms with van der Waals surface area (Å²) in [6.45, 7) is 1.98. The van der Waals surface area contributed by atoms with Crippen molar-refractivity contribution >= 4 is 28.2 Å². The van der Waals surface area contributed by atoms with E-state index in [1.54, 1.807) is 23.1 Å². The summed E-state index contributed by atoms with van der Waals surface area (Å²) in [5.74, 6) is 0.881. The van der Waals surface area contributed by atoms with E-state index in [0.717, 1.165) is 21.6 Å². The van der Waals surface area contributed by atoms with Crippen LogP contribution in [0.1, 0.15) is 26.2 Å². The van der Waals surface area contributed by atoms with Crippen LogP contribution >= 0.6 is 23.1 Å². The lowest BCUT2D eigenvalue weighted by Gasteiger charge is -2.22. The number of aromatic nitrogens is 2. The van der Waals surface area contributed by atoms with Gasteiger partial charge in [0, 0.05) is 25.9 Å². The van der Waals surface area contributed by atoms with Crippen molar-refractivity contribution in [3.63, 3.8) is 0 Å². The fourth-order valence-corrected chi connectivity index (χ4v) is 3.62. The fourth-order valence-electron chi connectivity index (χ4n) is 1.62. The minimum atomic E-state index is -0.413. The first-order valence-corrected chi connectivity index (χ1v) is 8.15. The molecule has 1 heterocycles. The molecule has 0 aliphatic heterocycles. The zero-order chi connectivity index (χ0) is 13.9. The highest BCUT2D eigenvalue weighted by molar-refractivity contribution is 8.01. The summed E-state index contributed by atoms with van der Waals surface area (Å²) < 4.78 is 0.968. The third-order valence-electron chi connectivity index (χ3n) is 2.95. The number of hydrogen-bond donors (Lipinski definition) is 1. The molecule has 1 N–H and O–H groups in total. The van der Waals surface area contributed by atoms with Crippen LogP contribution in [-0.4, -0.2) is 41.6 Å². The van der Waals surface area contributed by atoms with Gasteiger partial charge >= 0.3 is 0 Å². The summed E-state index contributed by atoms with van der Waals surface area (Å²) >= 11 is 3.26. The molecule has 1 aromatic heterocycles. The van der Waals surface area contributed by atoms with E-state index >= 15 is 0 Å². The Hall–Kier alpha value is -0.840. The molecular weight excluding hydrogens is 278 g/mol. The number of hydrogen-bond acceptors (Lipinski definition) is 7. The molecule has 0 aromatic carbocycles. The molecule has 104 valence electrons. The zero-order valence-corrected chi connectivity index (χ0v) is 13.1. The number of thioether (sulfide) groups is 1. The Kier molecular flexibility index (Phi) is 4.66. The molecule has 0 saturated heterocycles. The van der Waals surface area contributed by atoms with E-state index in [9.17, 15) is 5.26 Å². The highest BCUT2D eigenvalue weighted by Gasteiger charge is 2.32. The number of nitrogens with one attached hydrogen (secondary N) is 1. The lowest BCUT2D eigenvalue weighted by atomic mass is 10.0. The third-order valence-corrected chi connectivity index (χ3v) is 5.18. The van der Waals surface area contributed by atoms with E-state index in [4.69, 9.17) is 0 Å². The molecule has 1 fully saturated rings. The van der Waals surface area contributed by atoms with Crippen molar-refractivity contribution in [2.45, 2.75) is 42.1 Å². The molecule has 1 aliphatic carbocycles. The summed E-state index contributed by atoms with van der Waals surface area (Å²) in [5.41, 5.74) is -0.413. The van der Waals surface area contributed by atoms with Crippen LogP contribution in [0.15, 0.2) is 4.34 Å². The van der Waals surface area contributed by atoms with Crippen molar-refractivity contribution in [2.24, 2.45) is 0 Å². The van der Waals surface area contributed by atoms with Gasteiger partial charge in [0.05, 0.1) is 6.07 Å².